The zero-order chi connectivity index (χ0) is 12.8. The summed E-state index contributed by atoms with van der Waals surface area (Å²) >= 11 is 3.43. The maximum Gasteiger partial charge on any atom is 0.325 e. The monoisotopic (exact) mass is 299 g/mol. The molecule has 17 heavy (non-hydrogen) atoms. The fourth-order valence-corrected chi connectivity index (χ4v) is 1.91. The molecule has 0 saturated carbocycles. The van der Waals surface area contributed by atoms with E-state index in [1.807, 2.05) is 26.0 Å². The molecule has 1 rings (SSSR count). The van der Waals surface area contributed by atoms with Gasteiger partial charge in [0.05, 0.1) is 6.10 Å². The first-order valence-corrected chi connectivity index (χ1v) is 6.54. The third-order valence-electron chi connectivity index (χ3n) is 2.24. The lowest BCUT2D eigenvalue weighted by Gasteiger charge is -2.12. The average molecular weight is 300 g/mol. The summed E-state index contributed by atoms with van der Waals surface area (Å²) < 4.78 is 6.10. The Labute approximate surface area is 111 Å². The fourth-order valence-electron chi connectivity index (χ4n) is 1.50. The van der Waals surface area contributed by atoms with Crippen LogP contribution in [-0.2, 0) is 16.0 Å². The third kappa shape index (κ3) is 4.77. The van der Waals surface area contributed by atoms with Crippen molar-refractivity contribution in [3.63, 3.8) is 0 Å². The smallest absolute Gasteiger partial charge is 0.325 e. The molecule has 1 aromatic carbocycles. The van der Waals surface area contributed by atoms with Crippen molar-refractivity contribution in [2.24, 2.45) is 0 Å². The summed E-state index contributed by atoms with van der Waals surface area (Å²) in [5, 5.41) is 3.10. The van der Waals surface area contributed by atoms with Gasteiger partial charge in [-0.05, 0) is 44.0 Å². The second-order valence-corrected chi connectivity index (χ2v) is 4.96. The quantitative estimate of drug-likeness (QED) is 0.847. The number of aryl methyl sites for hydroxylation is 1. The van der Waals surface area contributed by atoms with Gasteiger partial charge in [-0.15, -0.1) is 0 Å². The van der Waals surface area contributed by atoms with Crippen molar-refractivity contribution in [2.45, 2.75) is 33.3 Å². The van der Waals surface area contributed by atoms with Gasteiger partial charge in [0.2, 0.25) is 0 Å². The molecule has 1 aromatic rings. The topological polar surface area (TPSA) is 38.3 Å². The molecule has 0 heterocycles. The lowest BCUT2D eigenvalue weighted by molar-refractivity contribution is -0.145. The molecule has 0 bridgehead atoms. The van der Waals surface area contributed by atoms with Crippen molar-refractivity contribution < 1.29 is 9.53 Å². The minimum Gasteiger partial charge on any atom is -0.462 e. The van der Waals surface area contributed by atoms with Gasteiger partial charge in [0, 0.05) is 10.2 Å². The van der Waals surface area contributed by atoms with E-state index in [-0.39, 0.29) is 18.6 Å². The maximum atomic E-state index is 11.4. The summed E-state index contributed by atoms with van der Waals surface area (Å²) in [5.74, 6) is -0.232. The second kappa shape index (κ2) is 6.64. The molecule has 0 aliphatic heterocycles. The number of ether oxygens (including phenoxy) is 1. The van der Waals surface area contributed by atoms with Gasteiger partial charge in [-0.2, -0.15) is 0 Å². The highest BCUT2D eigenvalue weighted by molar-refractivity contribution is 9.10. The highest BCUT2D eigenvalue weighted by atomic mass is 79.9. The van der Waals surface area contributed by atoms with E-state index in [0.717, 1.165) is 16.6 Å². The molecule has 94 valence electrons. The predicted molar refractivity (Wildman–Crippen MR) is 73.2 cm³/mol. The molecule has 0 aliphatic carbocycles. The van der Waals surface area contributed by atoms with Crippen molar-refractivity contribution in [1.82, 2.24) is 0 Å². The van der Waals surface area contributed by atoms with Gasteiger partial charge in [0.15, 0.2) is 0 Å². The van der Waals surface area contributed by atoms with Crippen LogP contribution in [0.5, 0.6) is 0 Å². The Hall–Kier alpha value is -1.03. The molecular weight excluding hydrogens is 282 g/mol. The molecule has 0 aromatic heterocycles. The first-order valence-electron chi connectivity index (χ1n) is 5.74. The number of esters is 1. The van der Waals surface area contributed by atoms with Crippen LogP contribution in [0.2, 0.25) is 0 Å². The lowest BCUT2D eigenvalue weighted by atomic mass is 10.1. The Bertz CT molecular complexity index is 391. The summed E-state index contributed by atoms with van der Waals surface area (Å²) in [6.45, 7) is 5.97. The minimum atomic E-state index is -0.232. The van der Waals surface area contributed by atoms with Crippen molar-refractivity contribution >= 4 is 27.6 Å². The van der Waals surface area contributed by atoms with E-state index in [0.29, 0.717) is 0 Å². The Morgan fingerprint density at radius 2 is 2.18 bits per heavy atom. The van der Waals surface area contributed by atoms with Gasteiger partial charge < -0.3 is 10.1 Å². The summed E-state index contributed by atoms with van der Waals surface area (Å²) in [7, 11) is 0. The zero-order valence-corrected chi connectivity index (χ0v) is 12.0. The molecule has 0 radical (unpaired) electrons. The van der Waals surface area contributed by atoms with E-state index in [9.17, 15) is 4.79 Å². The number of rotatable bonds is 5. The van der Waals surface area contributed by atoms with Crippen LogP contribution >= 0.6 is 15.9 Å². The van der Waals surface area contributed by atoms with Gasteiger partial charge in [0.25, 0.3) is 0 Å². The van der Waals surface area contributed by atoms with E-state index in [2.05, 4.69) is 34.2 Å². The number of nitrogens with one attached hydrogen (secondary N) is 1. The Morgan fingerprint density at radius 1 is 1.47 bits per heavy atom. The van der Waals surface area contributed by atoms with Crippen LogP contribution in [0.25, 0.3) is 0 Å². The van der Waals surface area contributed by atoms with E-state index < -0.39 is 0 Å². The van der Waals surface area contributed by atoms with Crippen molar-refractivity contribution in [3.05, 3.63) is 28.2 Å². The first kappa shape index (κ1) is 14.0. The molecule has 0 unspecified atom stereocenters. The van der Waals surface area contributed by atoms with Crippen LogP contribution in [0.4, 0.5) is 5.69 Å². The van der Waals surface area contributed by atoms with Crippen molar-refractivity contribution in [1.29, 1.82) is 0 Å². The van der Waals surface area contributed by atoms with Crippen LogP contribution in [-0.4, -0.2) is 18.6 Å². The number of halogens is 1. The van der Waals surface area contributed by atoms with E-state index in [4.69, 9.17) is 4.74 Å². The number of carbonyl (C=O) groups excluding carboxylic acids is 1. The zero-order valence-electron chi connectivity index (χ0n) is 10.4. The van der Waals surface area contributed by atoms with E-state index in [1.54, 1.807) is 0 Å². The highest BCUT2D eigenvalue weighted by Gasteiger charge is 2.07. The molecule has 4 heteroatoms. The number of anilines is 1. The van der Waals surface area contributed by atoms with Gasteiger partial charge in [-0.3, -0.25) is 4.79 Å². The fraction of sp³-hybridized carbons (Fsp3) is 0.462. The van der Waals surface area contributed by atoms with E-state index >= 15 is 0 Å². The summed E-state index contributed by atoms with van der Waals surface area (Å²) in [6.07, 6.45) is 0.848. The number of hydrogen-bond acceptors (Lipinski definition) is 3. The SMILES string of the molecule is CCc1cc(Br)ccc1NCC(=O)OC(C)C. The van der Waals surface area contributed by atoms with Crippen molar-refractivity contribution in [3.8, 4) is 0 Å². The molecule has 0 fully saturated rings. The van der Waals surface area contributed by atoms with Crippen molar-refractivity contribution in [2.75, 3.05) is 11.9 Å². The number of benzene rings is 1. The Morgan fingerprint density at radius 3 is 2.76 bits per heavy atom. The first-order chi connectivity index (χ1) is 8.02. The molecular formula is C13H18BrNO2. The maximum absolute atomic E-state index is 11.4. The third-order valence-corrected chi connectivity index (χ3v) is 2.73. The molecule has 0 amide bonds. The minimum absolute atomic E-state index is 0.0696. The largest absolute Gasteiger partial charge is 0.462 e. The van der Waals surface area contributed by atoms with Crippen LogP contribution in [0, 0.1) is 0 Å². The van der Waals surface area contributed by atoms with Crippen LogP contribution < -0.4 is 5.32 Å². The van der Waals surface area contributed by atoms with Gasteiger partial charge in [-0.25, -0.2) is 0 Å². The lowest BCUT2D eigenvalue weighted by Crippen LogP contribution is -2.20. The van der Waals surface area contributed by atoms with Crippen LogP contribution in [0.1, 0.15) is 26.3 Å². The molecule has 0 saturated heterocycles. The standard InChI is InChI=1S/C13H18BrNO2/c1-4-10-7-11(14)5-6-12(10)15-8-13(16)17-9(2)3/h5-7,9,15H,4,8H2,1-3H3. The summed E-state index contributed by atoms with van der Waals surface area (Å²) in [5.41, 5.74) is 2.16. The predicted octanol–water partition coefficient (Wildman–Crippen LogP) is 3.38. The van der Waals surface area contributed by atoms with Crippen LogP contribution in [0.3, 0.4) is 0 Å². The normalized spacial score (nSPS) is 10.4. The molecule has 1 N–H and O–H groups in total. The molecule has 0 aliphatic rings. The van der Waals surface area contributed by atoms with Gasteiger partial charge in [0.1, 0.15) is 6.54 Å². The summed E-state index contributed by atoms with van der Waals surface area (Å²) in [6, 6.07) is 5.97. The highest BCUT2D eigenvalue weighted by Crippen LogP contribution is 2.21. The van der Waals surface area contributed by atoms with Gasteiger partial charge in [-0.1, -0.05) is 22.9 Å². The second-order valence-electron chi connectivity index (χ2n) is 4.05. The Balaban J connectivity index is 2.60. The Kier molecular flexibility index (Phi) is 5.48. The molecule has 0 spiro atoms. The van der Waals surface area contributed by atoms with E-state index in [1.165, 1.54) is 5.56 Å². The van der Waals surface area contributed by atoms with Gasteiger partial charge >= 0.3 is 5.97 Å². The number of hydrogen-bond donors (Lipinski definition) is 1. The average Bonchev–Trinajstić information content (AvgIpc) is 2.26. The summed E-state index contributed by atoms with van der Waals surface area (Å²) in [4.78, 5) is 11.4. The van der Waals surface area contributed by atoms with Crippen LogP contribution in [0.15, 0.2) is 22.7 Å². The molecule has 3 nitrogen and oxygen atoms in total. The number of carbonyl (C=O) groups is 1. The molecule has 0 atom stereocenters.